The maximum Gasteiger partial charge on any atom is 0.412 e. The number of ether oxygens (including phenoxy) is 2. The first-order valence-electron chi connectivity index (χ1n) is 9.68. The molecule has 6 nitrogen and oxygen atoms in total. The Balaban J connectivity index is 3.08. The van der Waals surface area contributed by atoms with E-state index >= 15 is 0 Å². The molecule has 0 saturated carbocycles. The summed E-state index contributed by atoms with van der Waals surface area (Å²) in [5.41, 5.74) is 2.15. The van der Waals surface area contributed by atoms with Crippen LogP contribution in [0.5, 0.6) is 0 Å². The summed E-state index contributed by atoms with van der Waals surface area (Å²) in [5, 5.41) is 2.84. The Morgan fingerprint density at radius 2 is 1.78 bits per heavy atom. The van der Waals surface area contributed by atoms with Crippen molar-refractivity contribution in [2.45, 2.75) is 66.5 Å². The summed E-state index contributed by atoms with van der Waals surface area (Å²) in [5.74, 6) is -0.238. The summed E-state index contributed by atoms with van der Waals surface area (Å²) in [6.45, 7) is 14.5. The van der Waals surface area contributed by atoms with Crippen molar-refractivity contribution in [3.8, 4) is 0 Å². The summed E-state index contributed by atoms with van der Waals surface area (Å²) in [6, 6.07) is 5.80. The quantitative estimate of drug-likeness (QED) is 0.646. The number of esters is 1. The van der Waals surface area contributed by atoms with Gasteiger partial charge in [-0.1, -0.05) is 26.0 Å². The first-order valence-corrected chi connectivity index (χ1v) is 9.68. The first-order chi connectivity index (χ1) is 12.7. The zero-order chi connectivity index (χ0) is 20.4. The summed E-state index contributed by atoms with van der Waals surface area (Å²) in [4.78, 5) is 26.4. The van der Waals surface area contributed by atoms with Gasteiger partial charge in [0.05, 0.1) is 6.61 Å². The minimum atomic E-state index is -0.575. The van der Waals surface area contributed by atoms with Crippen LogP contribution < -0.4 is 5.32 Å². The third-order valence-electron chi connectivity index (χ3n) is 4.08. The zero-order valence-corrected chi connectivity index (χ0v) is 17.6. The number of anilines is 1. The molecule has 0 aromatic heterocycles. The van der Waals surface area contributed by atoms with Gasteiger partial charge in [0, 0.05) is 18.7 Å². The summed E-state index contributed by atoms with van der Waals surface area (Å²) in [7, 11) is 0. The maximum absolute atomic E-state index is 12.2. The van der Waals surface area contributed by atoms with Crippen LogP contribution in [0.3, 0.4) is 0 Å². The Bertz CT molecular complexity index is 619. The monoisotopic (exact) mass is 378 g/mol. The minimum absolute atomic E-state index is 0.238. The highest BCUT2D eigenvalue weighted by Gasteiger charge is 2.19. The fourth-order valence-electron chi connectivity index (χ4n) is 2.76. The molecule has 27 heavy (non-hydrogen) atoms. The highest BCUT2D eigenvalue weighted by atomic mass is 16.6. The lowest BCUT2D eigenvalue weighted by molar-refractivity contribution is -0.143. The SMILES string of the molecule is CCOC(=O)CCc1c(CN(CC)CC)cccc1NC(=O)OC(C)(C)C. The van der Waals surface area contributed by atoms with Crippen LogP contribution in [0.1, 0.15) is 59.1 Å². The first kappa shape index (κ1) is 23.0. The molecule has 0 atom stereocenters. The number of rotatable bonds is 9. The molecule has 1 amide bonds. The Morgan fingerprint density at radius 1 is 1.11 bits per heavy atom. The van der Waals surface area contributed by atoms with Crippen molar-refractivity contribution in [1.82, 2.24) is 4.90 Å². The highest BCUT2D eigenvalue weighted by molar-refractivity contribution is 5.86. The van der Waals surface area contributed by atoms with Crippen molar-refractivity contribution in [1.29, 1.82) is 0 Å². The molecule has 1 rings (SSSR count). The Morgan fingerprint density at radius 3 is 2.33 bits per heavy atom. The minimum Gasteiger partial charge on any atom is -0.466 e. The van der Waals surface area contributed by atoms with Gasteiger partial charge in [0.15, 0.2) is 0 Å². The van der Waals surface area contributed by atoms with Crippen LogP contribution in [-0.2, 0) is 27.2 Å². The van der Waals surface area contributed by atoms with Gasteiger partial charge in [-0.2, -0.15) is 0 Å². The normalized spacial score (nSPS) is 11.4. The standard InChI is InChI=1S/C21H34N2O4/c1-7-23(8-2)15-16-11-10-12-18(22-20(25)27-21(4,5)6)17(16)13-14-19(24)26-9-3/h10-12H,7-9,13-15H2,1-6H3,(H,22,25). The van der Waals surface area contributed by atoms with Crippen LogP contribution in [-0.4, -0.2) is 42.3 Å². The lowest BCUT2D eigenvalue weighted by Gasteiger charge is -2.23. The second-order valence-corrected chi connectivity index (χ2v) is 7.34. The molecule has 0 fully saturated rings. The Kier molecular flexibility index (Phi) is 9.29. The maximum atomic E-state index is 12.2. The van der Waals surface area contributed by atoms with E-state index in [1.807, 2.05) is 39.0 Å². The van der Waals surface area contributed by atoms with Crippen LogP contribution in [0.15, 0.2) is 18.2 Å². The van der Waals surface area contributed by atoms with Gasteiger partial charge in [0.25, 0.3) is 0 Å². The van der Waals surface area contributed by atoms with Crippen LogP contribution >= 0.6 is 0 Å². The van der Waals surface area contributed by atoms with Gasteiger partial charge in [-0.15, -0.1) is 0 Å². The van der Waals surface area contributed by atoms with Crippen LogP contribution in [0.4, 0.5) is 10.5 Å². The predicted molar refractivity (Wildman–Crippen MR) is 108 cm³/mol. The fourth-order valence-corrected chi connectivity index (χ4v) is 2.76. The average molecular weight is 379 g/mol. The molecule has 6 heteroatoms. The smallest absolute Gasteiger partial charge is 0.412 e. The molecule has 0 heterocycles. The summed E-state index contributed by atoms with van der Waals surface area (Å²) < 4.78 is 10.4. The molecule has 0 radical (unpaired) electrons. The van der Waals surface area contributed by atoms with Crippen molar-refractivity contribution >= 4 is 17.7 Å². The van der Waals surface area contributed by atoms with Crippen LogP contribution in [0, 0.1) is 0 Å². The van der Waals surface area contributed by atoms with Crippen molar-refractivity contribution in [2.24, 2.45) is 0 Å². The number of carbonyl (C=O) groups excluding carboxylic acids is 2. The van der Waals surface area contributed by atoms with Gasteiger partial charge in [0.1, 0.15) is 5.60 Å². The van der Waals surface area contributed by atoms with Crippen LogP contribution in [0.25, 0.3) is 0 Å². The van der Waals surface area contributed by atoms with Crippen molar-refractivity contribution < 1.29 is 19.1 Å². The van der Waals surface area contributed by atoms with Crippen molar-refractivity contribution in [3.05, 3.63) is 29.3 Å². The predicted octanol–water partition coefficient (Wildman–Crippen LogP) is 4.37. The average Bonchev–Trinajstić information content (AvgIpc) is 2.57. The Labute approximate surface area is 163 Å². The van der Waals surface area contributed by atoms with E-state index in [-0.39, 0.29) is 12.4 Å². The number of amides is 1. The third-order valence-corrected chi connectivity index (χ3v) is 4.08. The van der Waals surface area contributed by atoms with Gasteiger partial charge in [-0.05, 0) is 64.4 Å². The van der Waals surface area contributed by atoms with E-state index < -0.39 is 11.7 Å². The lowest BCUT2D eigenvalue weighted by Crippen LogP contribution is -2.28. The third kappa shape index (κ3) is 8.43. The van der Waals surface area contributed by atoms with E-state index in [0.29, 0.717) is 18.7 Å². The van der Waals surface area contributed by atoms with Crippen LogP contribution in [0.2, 0.25) is 0 Å². The molecule has 1 aromatic rings. The fraction of sp³-hybridized carbons (Fsp3) is 0.619. The van der Waals surface area contributed by atoms with Crippen molar-refractivity contribution in [3.63, 3.8) is 0 Å². The molecule has 0 aliphatic carbocycles. The number of hydrogen-bond acceptors (Lipinski definition) is 5. The van der Waals surface area contributed by atoms with Gasteiger partial charge in [-0.3, -0.25) is 15.0 Å². The second-order valence-electron chi connectivity index (χ2n) is 7.34. The lowest BCUT2D eigenvalue weighted by atomic mass is 10.00. The van der Waals surface area contributed by atoms with E-state index in [0.717, 1.165) is 30.8 Å². The van der Waals surface area contributed by atoms with E-state index in [1.54, 1.807) is 6.92 Å². The molecule has 0 aliphatic heterocycles. The molecular formula is C21H34N2O4. The van der Waals surface area contributed by atoms with Gasteiger partial charge in [0.2, 0.25) is 0 Å². The molecule has 0 spiro atoms. The summed E-state index contributed by atoms with van der Waals surface area (Å²) >= 11 is 0. The number of hydrogen-bond donors (Lipinski definition) is 1. The number of benzene rings is 1. The molecular weight excluding hydrogens is 344 g/mol. The molecule has 152 valence electrons. The molecule has 1 N–H and O–H groups in total. The number of nitrogens with zero attached hydrogens (tertiary/aromatic N) is 1. The van der Waals surface area contributed by atoms with E-state index in [1.165, 1.54) is 0 Å². The highest BCUT2D eigenvalue weighted by Crippen LogP contribution is 2.24. The topological polar surface area (TPSA) is 67.9 Å². The largest absolute Gasteiger partial charge is 0.466 e. The second kappa shape index (κ2) is 10.9. The summed E-state index contributed by atoms with van der Waals surface area (Å²) in [6.07, 6.45) is 0.271. The molecule has 0 saturated heterocycles. The number of nitrogens with one attached hydrogen (secondary N) is 1. The molecule has 1 aromatic carbocycles. The molecule has 0 aliphatic rings. The van der Waals surface area contributed by atoms with E-state index in [2.05, 4.69) is 24.1 Å². The van der Waals surface area contributed by atoms with Crippen molar-refractivity contribution in [2.75, 3.05) is 25.0 Å². The van der Waals surface area contributed by atoms with Gasteiger partial charge in [-0.25, -0.2) is 4.79 Å². The zero-order valence-electron chi connectivity index (χ0n) is 17.6. The Hall–Kier alpha value is -2.08. The van der Waals surface area contributed by atoms with E-state index in [4.69, 9.17) is 9.47 Å². The van der Waals surface area contributed by atoms with E-state index in [9.17, 15) is 9.59 Å². The number of carbonyl (C=O) groups is 2. The van der Waals surface area contributed by atoms with Gasteiger partial charge < -0.3 is 9.47 Å². The molecule has 0 bridgehead atoms. The molecule has 0 unspecified atom stereocenters. The van der Waals surface area contributed by atoms with Gasteiger partial charge >= 0.3 is 12.1 Å².